The van der Waals surface area contributed by atoms with E-state index >= 15 is 0 Å². The third-order valence-corrected chi connectivity index (χ3v) is 4.51. The number of hydrogen-bond acceptors (Lipinski definition) is 5. The second kappa shape index (κ2) is 7.06. The van der Waals surface area contributed by atoms with Crippen LogP contribution in [0.3, 0.4) is 0 Å². The van der Waals surface area contributed by atoms with Crippen molar-refractivity contribution in [2.45, 2.75) is 12.6 Å². The van der Waals surface area contributed by atoms with E-state index in [-0.39, 0.29) is 25.3 Å². The number of anilines is 1. The van der Waals surface area contributed by atoms with Gasteiger partial charge in [-0.3, -0.25) is 9.69 Å². The Kier molecular flexibility index (Phi) is 4.45. The second-order valence-corrected chi connectivity index (χ2v) is 6.22. The predicted octanol–water partition coefficient (Wildman–Crippen LogP) is 1.64. The number of ether oxygens (including phenoxy) is 3. The highest BCUT2D eigenvalue weighted by Crippen LogP contribution is 2.32. The van der Waals surface area contributed by atoms with Crippen LogP contribution in [0.25, 0.3) is 0 Å². The van der Waals surface area contributed by atoms with E-state index in [9.17, 15) is 9.59 Å². The normalized spacial score (nSPS) is 17.6. The van der Waals surface area contributed by atoms with Crippen LogP contribution in [-0.2, 0) is 11.3 Å². The molecule has 0 aliphatic carbocycles. The topological polar surface area (TPSA) is 89.1 Å². The van der Waals surface area contributed by atoms with Crippen LogP contribution in [0.1, 0.15) is 5.56 Å². The molecule has 3 amide bonds. The number of urea groups is 1. The van der Waals surface area contributed by atoms with Gasteiger partial charge in [-0.05, 0) is 42.0 Å². The predicted molar refractivity (Wildman–Crippen MR) is 97.1 cm³/mol. The van der Waals surface area contributed by atoms with Crippen LogP contribution in [0, 0.1) is 0 Å². The van der Waals surface area contributed by atoms with E-state index in [1.807, 2.05) is 18.2 Å². The molecule has 4 rings (SSSR count). The molecular weight excluding hydrogens is 350 g/mol. The number of fused-ring (bicyclic) bond motifs is 1. The van der Waals surface area contributed by atoms with Crippen LogP contribution >= 0.6 is 0 Å². The summed E-state index contributed by atoms with van der Waals surface area (Å²) in [6.45, 7) is 0.808. The Morgan fingerprint density at radius 3 is 2.78 bits per heavy atom. The molecule has 0 radical (unpaired) electrons. The van der Waals surface area contributed by atoms with Gasteiger partial charge in [0.1, 0.15) is 11.8 Å². The van der Waals surface area contributed by atoms with Gasteiger partial charge in [-0.25, -0.2) is 4.79 Å². The first-order valence-electron chi connectivity index (χ1n) is 8.52. The number of amides is 3. The number of hydrogen-bond donors (Lipinski definition) is 2. The van der Waals surface area contributed by atoms with Gasteiger partial charge >= 0.3 is 6.03 Å². The quantitative estimate of drug-likeness (QED) is 0.836. The third-order valence-electron chi connectivity index (χ3n) is 4.51. The molecule has 2 heterocycles. The van der Waals surface area contributed by atoms with Crippen molar-refractivity contribution in [3.8, 4) is 17.2 Å². The molecule has 1 atom stereocenters. The van der Waals surface area contributed by atoms with Crippen LogP contribution in [0.2, 0.25) is 0 Å². The number of rotatable bonds is 5. The van der Waals surface area contributed by atoms with Gasteiger partial charge in [0.05, 0.1) is 13.7 Å². The van der Waals surface area contributed by atoms with Crippen molar-refractivity contribution in [2.24, 2.45) is 0 Å². The summed E-state index contributed by atoms with van der Waals surface area (Å²) in [4.78, 5) is 26.2. The molecule has 2 N–H and O–H groups in total. The maximum atomic E-state index is 12.4. The van der Waals surface area contributed by atoms with Crippen molar-refractivity contribution < 1.29 is 23.8 Å². The minimum Gasteiger partial charge on any atom is -0.497 e. The van der Waals surface area contributed by atoms with Crippen molar-refractivity contribution in [3.05, 3.63) is 48.0 Å². The highest BCUT2D eigenvalue weighted by Gasteiger charge is 2.34. The fourth-order valence-electron chi connectivity index (χ4n) is 3.03. The lowest BCUT2D eigenvalue weighted by molar-refractivity contribution is -0.122. The Balaban J connectivity index is 1.36. The summed E-state index contributed by atoms with van der Waals surface area (Å²) in [6, 6.07) is 11.7. The van der Waals surface area contributed by atoms with Gasteiger partial charge < -0.3 is 24.8 Å². The maximum Gasteiger partial charge on any atom is 0.322 e. The summed E-state index contributed by atoms with van der Waals surface area (Å²) >= 11 is 0. The Morgan fingerprint density at radius 2 is 2.00 bits per heavy atom. The van der Waals surface area contributed by atoms with E-state index in [2.05, 4.69) is 10.6 Å². The highest BCUT2D eigenvalue weighted by atomic mass is 16.7. The van der Waals surface area contributed by atoms with Gasteiger partial charge in [-0.1, -0.05) is 6.07 Å². The lowest BCUT2D eigenvalue weighted by Crippen LogP contribution is -2.42. The average molecular weight is 369 g/mol. The van der Waals surface area contributed by atoms with E-state index < -0.39 is 6.04 Å². The van der Waals surface area contributed by atoms with Crippen molar-refractivity contribution in [2.75, 3.05) is 25.3 Å². The molecule has 27 heavy (non-hydrogen) atoms. The molecule has 8 heteroatoms. The summed E-state index contributed by atoms with van der Waals surface area (Å²) in [5, 5.41) is 5.55. The lowest BCUT2D eigenvalue weighted by atomic mass is 10.2. The molecule has 0 bridgehead atoms. The third kappa shape index (κ3) is 3.46. The molecule has 2 aliphatic heterocycles. The van der Waals surface area contributed by atoms with Crippen molar-refractivity contribution in [1.29, 1.82) is 0 Å². The molecule has 2 aromatic carbocycles. The molecule has 8 nitrogen and oxygen atoms in total. The summed E-state index contributed by atoms with van der Waals surface area (Å²) in [6.07, 6.45) is 0. The summed E-state index contributed by atoms with van der Waals surface area (Å²) in [5.41, 5.74) is 1.60. The maximum absolute atomic E-state index is 12.4. The van der Waals surface area contributed by atoms with E-state index in [0.29, 0.717) is 29.5 Å². The molecule has 0 saturated carbocycles. The average Bonchev–Trinajstić information content (AvgIpc) is 3.32. The standard InChI is InChI=1S/C19H19N3O5/c1-25-14-5-3-13(4-6-14)22-10-15(21-19(22)24)18(23)20-9-12-2-7-16-17(8-12)27-11-26-16/h2-8,15H,9-11H2,1H3,(H,20,23)(H,21,24). The molecule has 0 spiro atoms. The van der Waals surface area contributed by atoms with Crippen LogP contribution in [0.5, 0.6) is 17.2 Å². The van der Waals surface area contributed by atoms with Crippen molar-refractivity contribution in [1.82, 2.24) is 10.6 Å². The zero-order valence-electron chi connectivity index (χ0n) is 14.7. The first kappa shape index (κ1) is 17.0. The summed E-state index contributed by atoms with van der Waals surface area (Å²) in [7, 11) is 1.58. The number of nitrogens with one attached hydrogen (secondary N) is 2. The number of carbonyl (C=O) groups excluding carboxylic acids is 2. The lowest BCUT2D eigenvalue weighted by Gasteiger charge is -2.15. The fraction of sp³-hybridized carbons (Fsp3) is 0.263. The molecule has 140 valence electrons. The Bertz CT molecular complexity index is 868. The molecular formula is C19H19N3O5. The second-order valence-electron chi connectivity index (χ2n) is 6.22. The van der Waals surface area contributed by atoms with Gasteiger partial charge in [0, 0.05) is 12.2 Å². The van der Waals surface area contributed by atoms with Crippen LogP contribution in [0.4, 0.5) is 10.5 Å². The SMILES string of the molecule is COc1ccc(N2CC(C(=O)NCc3ccc4c(c3)OCO4)NC2=O)cc1. The van der Waals surface area contributed by atoms with E-state index in [1.54, 1.807) is 31.4 Å². The zero-order valence-corrected chi connectivity index (χ0v) is 14.7. The first-order chi connectivity index (χ1) is 13.1. The molecule has 0 aromatic heterocycles. The zero-order chi connectivity index (χ0) is 18.8. The van der Waals surface area contributed by atoms with Gasteiger partial charge in [0.2, 0.25) is 12.7 Å². The van der Waals surface area contributed by atoms with E-state index in [0.717, 1.165) is 5.56 Å². The highest BCUT2D eigenvalue weighted by molar-refractivity contribution is 6.00. The minimum atomic E-state index is -0.617. The molecule has 2 aromatic rings. The van der Waals surface area contributed by atoms with Crippen molar-refractivity contribution >= 4 is 17.6 Å². The van der Waals surface area contributed by atoms with Gasteiger partial charge in [-0.2, -0.15) is 0 Å². The molecule has 2 aliphatic rings. The first-order valence-corrected chi connectivity index (χ1v) is 8.52. The van der Waals surface area contributed by atoms with E-state index in [1.165, 1.54) is 4.90 Å². The number of nitrogens with zero attached hydrogens (tertiary/aromatic N) is 1. The summed E-state index contributed by atoms with van der Waals surface area (Å²) in [5.74, 6) is 1.83. The van der Waals surface area contributed by atoms with Gasteiger partial charge in [-0.15, -0.1) is 0 Å². The summed E-state index contributed by atoms with van der Waals surface area (Å²) < 4.78 is 15.7. The monoisotopic (exact) mass is 369 g/mol. The van der Waals surface area contributed by atoms with Gasteiger partial charge in [0.15, 0.2) is 11.5 Å². The molecule has 1 saturated heterocycles. The number of benzene rings is 2. The molecule has 1 fully saturated rings. The van der Waals surface area contributed by atoms with Gasteiger partial charge in [0.25, 0.3) is 0 Å². The largest absolute Gasteiger partial charge is 0.497 e. The Hall–Kier alpha value is -3.42. The molecule has 1 unspecified atom stereocenters. The number of methoxy groups -OCH3 is 1. The van der Waals surface area contributed by atoms with Crippen molar-refractivity contribution in [3.63, 3.8) is 0 Å². The smallest absolute Gasteiger partial charge is 0.322 e. The minimum absolute atomic E-state index is 0.209. The Labute approximate surface area is 156 Å². The van der Waals surface area contributed by atoms with Crippen LogP contribution in [-0.4, -0.2) is 38.4 Å². The Morgan fingerprint density at radius 1 is 1.22 bits per heavy atom. The van der Waals surface area contributed by atoms with E-state index in [4.69, 9.17) is 14.2 Å². The van der Waals surface area contributed by atoms with Crippen LogP contribution in [0.15, 0.2) is 42.5 Å². The fourth-order valence-corrected chi connectivity index (χ4v) is 3.03. The van der Waals surface area contributed by atoms with Crippen LogP contribution < -0.4 is 29.7 Å². The number of carbonyl (C=O) groups is 2.